The Morgan fingerprint density at radius 3 is 2.54 bits per heavy atom. The van der Waals surface area contributed by atoms with Crippen molar-refractivity contribution in [2.45, 2.75) is 4.90 Å². The molecule has 6 nitrogen and oxygen atoms in total. The van der Waals surface area contributed by atoms with Crippen LogP contribution in [0, 0.1) is 0 Å². The largest absolute Gasteiger partial charge is 0.497 e. The molecule has 0 atom stereocenters. The number of rotatable bonds is 5. The monoisotopic (exact) mass is 387 g/mol. The first kappa shape index (κ1) is 17.0. The molecule has 0 aliphatic carbocycles. The summed E-state index contributed by atoms with van der Waals surface area (Å²) < 4.78 is 32.7. The number of nitrogens with one attached hydrogen (secondary N) is 1. The van der Waals surface area contributed by atoms with E-state index in [1.807, 2.05) is 12.1 Å². The van der Waals surface area contributed by atoms with Crippen LogP contribution in [-0.2, 0) is 10.0 Å². The Bertz CT molecular complexity index is 981. The van der Waals surface area contributed by atoms with Crippen molar-refractivity contribution in [2.24, 2.45) is 4.99 Å². The van der Waals surface area contributed by atoms with Crippen molar-refractivity contribution < 1.29 is 13.2 Å². The smallest absolute Gasteiger partial charge is 0.261 e. The molecule has 1 N–H and O–H groups in total. The minimum absolute atomic E-state index is 0.190. The van der Waals surface area contributed by atoms with E-state index in [1.54, 1.807) is 43.1 Å². The second kappa shape index (κ2) is 6.69. The molecule has 2 aromatic rings. The quantitative estimate of drug-likeness (QED) is 0.853. The molecule has 26 heavy (non-hydrogen) atoms. The van der Waals surface area contributed by atoms with Gasteiger partial charge in [-0.2, -0.15) is 0 Å². The van der Waals surface area contributed by atoms with Crippen molar-refractivity contribution in [1.82, 2.24) is 4.90 Å². The molecule has 0 saturated heterocycles. The van der Waals surface area contributed by atoms with Gasteiger partial charge in [-0.15, -0.1) is 0 Å². The maximum absolute atomic E-state index is 12.5. The second-order valence-corrected chi connectivity index (χ2v) is 8.31. The molecule has 2 aromatic carbocycles. The van der Waals surface area contributed by atoms with Gasteiger partial charge in [-0.25, -0.2) is 8.42 Å². The van der Waals surface area contributed by atoms with Crippen LogP contribution in [0.5, 0.6) is 5.75 Å². The van der Waals surface area contributed by atoms with Crippen LogP contribution < -0.4 is 9.46 Å². The van der Waals surface area contributed by atoms with Gasteiger partial charge in [-0.3, -0.25) is 9.71 Å². The van der Waals surface area contributed by atoms with Gasteiger partial charge >= 0.3 is 0 Å². The van der Waals surface area contributed by atoms with E-state index >= 15 is 0 Å². The Morgan fingerprint density at radius 1 is 1.12 bits per heavy atom. The summed E-state index contributed by atoms with van der Waals surface area (Å²) in [4.78, 5) is 6.81. The van der Waals surface area contributed by atoms with Crippen LogP contribution in [0.2, 0.25) is 0 Å². The summed E-state index contributed by atoms with van der Waals surface area (Å²) in [5.74, 6) is 0.612. The van der Waals surface area contributed by atoms with E-state index in [0.717, 1.165) is 29.5 Å². The van der Waals surface area contributed by atoms with Gasteiger partial charge in [0, 0.05) is 17.6 Å². The zero-order valence-corrected chi connectivity index (χ0v) is 15.7. The van der Waals surface area contributed by atoms with E-state index in [9.17, 15) is 8.42 Å². The average molecular weight is 387 g/mol. The zero-order valence-electron chi connectivity index (χ0n) is 14.0. The van der Waals surface area contributed by atoms with Crippen molar-refractivity contribution in [1.29, 1.82) is 0 Å². The molecule has 0 fully saturated rings. The lowest BCUT2D eigenvalue weighted by atomic mass is 10.1. The van der Waals surface area contributed by atoms with Crippen molar-refractivity contribution in [3.63, 3.8) is 0 Å². The van der Waals surface area contributed by atoms with Gasteiger partial charge in [0.05, 0.1) is 24.2 Å². The Kier molecular flexibility index (Phi) is 4.37. The molecule has 0 aromatic heterocycles. The fraction of sp³-hybridized carbons (Fsp3) is 0.167. The topological polar surface area (TPSA) is 71.0 Å². The van der Waals surface area contributed by atoms with E-state index < -0.39 is 10.0 Å². The molecule has 0 unspecified atom stereocenters. The minimum atomic E-state index is -3.64. The Hall–Kier alpha value is -2.45. The predicted octanol–water partition coefficient (Wildman–Crippen LogP) is 3.21. The highest BCUT2D eigenvalue weighted by molar-refractivity contribution is 8.16. The zero-order chi connectivity index (χ0) is 18.1. The number of hydrogen-bond donors (Lipinski definition) is 1. The number of fused-ring (bicyclic) bond motifs is 1. The Labute approximate surface area is 156 Å². The molecule has 2 aliphatic rings. The molecular formula is C18H17N3O3S2. The SMILES string of the molecule is COc1ccc(S(=O)(=O)Nc2ccc(C3=CSC4=NCCN34)cc2)cc1. The lowest BCUT2D eigenvalue weighted by molar-refractivity contribution is 0.414. The summed E-state index contributed by atoms with van der Waals surface area (Å²) in [7, 11) is -2.10. The molecule has 8 heteroatoms. The molecule has 0 bridgehead atoms. The minimum Gasteiger partial charge on any atom is -0.497 e. The van der Waals surface area contributed by atoms with Crippen LogP contribution >= 0.6 is 11.8 Å². The summed E-state index contributed by atoms with van der Waals surface area (Å²) in [5, 5.41) is 3.11. The van der Waals surface area contributed by atoms with Crippen molar-refractivity contribution >= 4 is 38.3 Å². The predicted molar refractivity (Wildman–Crippen MR) is 105 cm³/mol. The third kappa shape index (κ3) is 3.17. The summed E-state index contributed by atoms with van der Waals surface area (Å²) in [6.07, 6.45) is 0. The summed E-state index contributed by atoms with van der Waals surface area (Å²) in [6.45, 7) is 1.71. The molecule has 2 aliphatic heterocycles. The normalized spacial score (nSPS) is 16.1. The molecular weight excluding hydrogens is 370 g/mol. The van der Waals surface area contributed by atoms with Gasteiger partial charge in [0.1, 0.15) is 5.75 Å². The first-order chi connectivity index (χ1) is 12.6. The van der Waals surface area contributed by atoms with E-state index in [-0.39, 0.29) is 4.90 Å². The number of thioether (sulfide) groups is 1. The molecule has 134 valence electrons. The van der Waals surface area contributed by atoms with Crippen molar-refractivity contribution in [2.75, 3.05) is 24.9 Å². The second-order valence-electron chi connectivity index (χ2n) is 5.80. The maximum Gasteiger partial charge on any atom is 0.261 e. The molecule has 0 radical (unpaired) electrons. The third-order valence-electron chi connectivity index (χ3n) is 4.17. The average Bonchev–Trinajstić information content (AvgIpc) is 3.26. The molecule has 0 saturated carbocycles. The van der Waals surface area contributed by atoms with Gasteiger partial charge in [0.25, 0.3) is 10.0 Å². The summed E-state index contributed by atoms with van der Waals surface area (Å²) >= 11 is 1.62. The van der Waals surface area contributed by atoms with Crippen LogP contribution in [0.4, 0.5) is 5.69 Å². The Balaban J connectivity index is 1.51. The molecule has 4 rings (SSSR count). The number of hydrogen-bond acceptors (Lipinski definition) is 6. The fourth-order valence-corrected chi connectivity index (χ4v) is 4.85. The van der Waals surface area contributed by atoms with E-state index in [1.165, 1.54) is 12.1 Å². The van der Waals surface area contributed by atoms with Crippen LogP contribution in [0.25, 0.3) is 5.70 Å². The highest BCUT2D eigenvalue weighted by atomic mass is 32.2. The third-order valence-corrected chi connectivity index (χ3v) is 6.47. The summed E-state index contributed by atoms with van der Waals surface area (Å²) in [6, 6.07) is 13.7. The summed E-state index contributed by atoms with van der Waals surface area (Å²) in [5.41, 5.74) is 2.67. The first-order valence-electron chi connectivity index (χ1n) is 8.03. The molecule has 2 heterocycles. The number of nitrogens with zero attached hydrogens (tertiary/aromatic N) is 2. The van der Waals surface area contributed by atoms with E-state index in [0.29, 0.717) is 11.4 Å². The van der Waals surface area contributed by atoms with Gasteiger partial charge in [0.15, 0.2) is 5.17 Å². The van der Waals surface area contributed by atoms with Gasteiger partial charge in [-0.05, 0) is 42.0 Å². The van der Waals surface area contributed by atoms with Gasteiger partial charge in [0.2, 0.25) is 0 Å². The van der Waals surface area contributed by atoms with Crippen LogP contribution in [-0.4, -0.2) is 38.7 Å². The number of sulfonamides is 1. The Morgan fingerprint density at radius 2 is 1.85 bits per heavy atom. The number of benzene rings is 2. The molecule has 0 amide bonds. The number of amidine groups is 1. The molecule has 0 spiro atoms. The van der Waals surface area contributed by atoms with Crippen molar-refractivity contribution in [3.8, 4) is 5.75 Å². The lowest BCUT2D eigenvalue weighted by Gasteiger charge is -2.17. The van der Waals surface area contributed by atoms with Gasteiger partial charge in [-0.1, -0.05) is 23.9 Å². The van der Waals surface area contributed by atoms with Crippen LogP contribution in [0.1, 0.15) is 5.56 Å². The number of anilines is 1. The first-order valence-corrected chi connectivity index (χ1v) is 10.4. The van der Waals surface area contributed by atoms with Crippen LogP contribution in [0.3, 0.4) is 0 Å². The number of ether oxygens (including phenoxy) is 1. The highest BCUT2D eigenvalue weighted by Crippen LogP contribution is 2.35. The lowest BCUT2D eigenvalue weighted by Crippen LogP contribution is -2.19. The maximum atomic E-state index is 12.5. The number of methoxy groups -OCH3 is 1. The number of aliphatic imine (C=N–C) groups is 1. The van der Waals surface area contributed by atoms with E-state index in [4.69, 9.17) is 4.74 Å². The standard InChI is InChI=1S/C18H17N3O3S2/c1-24-15-6-8-16(9-7-15)26(22,23)20-14-4-2-13(3-5-14)17-12-25-18-19-10-11-21(17)18/h2-9,12,20H,10-11H2,1H3. The van der Waals surface area contributed by atoms with Gasteiger partial charge < -0.3 is 9.64 Å². The van der Waals surface area contributed by atoms with Crippen molar-refractivity contribution in [3.05, 3.63) is 59.5 Å². The fourth-order valence-electron chi connectivity index (χ4n) is 2.83. The highest BCUT2D eigenvalue weighted by Gasteiger charge is 2.27. The van der Waals surface area contributed by atoms with E-state index in [2.05, 4.69) is 20.0 Å². The van der Waals surface area contributed by atoms with Crippen LogP contribution in [0.15, 0.2) is 63.8 Å².